The molecule has 3 rings (SSSR count). The Kier molecular flexibility index (Phi) is 3.81. The molecule has 1 aromatic carbocycles. The van der Waals surface area contributed by atoms with Crippen LogP contribution < -0.4 is 0 Å². The normalized spacial score (nSPS) is 34.2. The summed E-state index contributed by atoms with van der Waals surface area (Å²) in [7, 11) is 0. The first-order valence-electron chi connectivity index (χ1n) is 7.67. The van der Waals surface area contributed by atoms with E-state index >= 15 is 0 Å². The van der Waals surface area contributed by atoms with E-state index in [2.05, 4.69) is 91.9 Å². The maximum absolute atomic E-state index is 6.68. The molecule has 0 bridgehead atoms. The molecule has 0 radical (unpaired) electrons. The molecular formula is C19H23IO. The molecule has 1 aliphatic heterocycles. The molecule has 21 heavy (non-hydrogen) atoms. The standard InChI is InChI=1S/C19H23IO/c1-17(2)18(3,14-20)21-19(17,15-10-6-4-7-11-15)16-12-8-5-9-13-16/h4,6-8,10-13H,5,9,14H2,1-3H3/t18-,19?/m0/s1. The molecule has 2 heteroatoms. The van der Waals surface area contributed by atoms with Crippen LogP contribution in [0.15, 0.2) is 54.1 Å². The van der Waals surface area contributed by atoms with Crippen LogP contribution in [0.2, 0.25) is 0 Å². The van der Waals surface area contributed by atoms with Crippen molar-refractivity contribution in [1.29, 1.82) is 0 Å². The highest BCUT2D eigenvalue weighted by Gasteiger charge is 2.69. The third kappa shape index (κ3) is 1.98. The van der Waals surface area contributed by atoms with Crippen LogP contribution in [0, 0.1) is 5.41 Å². The molecule has 0 spiro atoms. The van der Waals surface area contributed by atoms with Gasteiger partial charge in [-0.2, -0.15) is 0 Å². The Labute approximate surface area is 141 Å². The largest absolute Gasteiger partial charge is 0.357 e. The fourth-order valence-corrected chi connectivity index (χ4v) is 4.78. The van der Waals surface area contributed by atoms with Crippen molar-refractivity contribution in [2.24, 2.45) is 5.41 Å². The number of rotatable bonds is 3. The molecule has 2 aliphatic rings. The van der Waals surface area contributed by atoms with Gasteiger partial charge in [0.05, 0.1) is 5.60 Å². The van der Waals surface area contributed by atoms with Gasteiger partial charge >= 0.3 is 0 Å². The van der Waals surface area contributed by atoms with E-state index in [9.17, 15) is 0 Å². The van der Waals surface area contributed by atoms with Crippen LogP contribution in [0.5, 0.6) is 0 Å². The zero-order valence-corrected chi connectivity index (χ0v) is 15.2. The van der Waals surface area contributed by atoms with Gasteiger partial charge < -0.3 is 4.74 Å². The second-order valence-electron chi connectivity index (χ2n) is 6.78. The summed E-state index contributed by atoms with van der Waals surface area (Å²) in [5.74, 6) is 0. The molecule has 0 amide bonds. The highest BCUT2D eigenvalue weighted by molar-refractivity contribution is 14.1. The van der Waals surface area contributed by atoms with Crippen LogP contribution >= 0.6 is 22.6 Å². The molecule has 2 atom stereocenters. The average Bonchev–Trinajstić information content (AvgIpc) is 2.53. The number of hydrogen-bond acceptors (Lipinski definition) is 1. The molecule has 1 nitrogen and oxygen atoms in total. The first kappa shape index (κ1) is 15.3. The van der Waals surface area contributed by atoms with E-state index in [-0.39, 0.29) is 16.6 Å². The molecular weight excluding hydrogens is 371 g/mol. The lowest BCUT2D eigenvalue weighted by molar-refractivity contribution is -0.341. The Morgan fingerprint density at radius 1 is 1.10 bits per heavy atom. The van der Waals surface area contributed by atoms with Crippen LogP contribution in [-0.2, 0) is 10.3 Å². The van der Waals surface area contributed by atoms with Crippen LogP contribution in [0.1, 0.15) is 39.2 Å². The van der Waals surface area contributed by atoms with E-state index in [0.717, 1.165) is 17.3 Å². The molecule has 0 N–H and O–H groups in total. The Hall–Kier alpha value is -0.610. The summed E-state index contributed by atoms with van der Waals surface area (Å²) in [4.78, 5) is 0. The quantitative estimate of drug-likeness (QED) is 0.492. The Morgan fingerprint density at radius 3 is 2.33 bits per heavy atom. The molecule has 1 aromatic rings. The number of benzene rings is 1. The SMILES string of the molecule is CC1(C)C(C2=CCCC=C2)(c2ccccc2)O[C@@]1(C)CI. The highest BCUT2D eigenvalue weighted by atomic mass is 127. The first-order chi connectivity index (χ1) is 9.98. The topological polar surface area (TPSA) is 9.23 Å². The molecule has 1 unspecified atom stereocenters. The third-order valence-corrected chi connectivity index (χ3v) is 6.87. The minimum atomic E-state index is -0.314. The van der Waals surface area contributed by atoms with Crippen LogP contribution in [0.4, 0.5) is 0 Å². The lowest BCUT2D eigenvalue weighted by atomic mass is 9.53. The molecule has 0 saturated carbocycles. The number of ether oxygens (including phenoxy) is 1. The van der Waals surface area contributed by atoms with E-state index in [4.69, 9.17) is 4.74 Å². The lowest BCUT2D eigenvalue weighted by Gasteiger charge is -2.68. The Bertz CT molecular complexity index is 587. The number of hydrogen-bond donors (Lipinski definition) is 0. The van der Waals surface area contributed by atoms with E-state index in [1.165, 1.54) is 11.1 Å². The van der Waals surface area contributed by atoms with Gasteiger partial charge in [-0.3, -0.25) is 0 Å². The minimum absolute atomic E-state index is 0.0516. The van der Waals surface area contributed by atoms with Gasteiger partial charge in [0.15, 0.2) is 0 Å². The summed E-state index contributed by atoms with van der Waals surface area (Å²) in [6.07, 6.45) is 9.16. The summed E-state index contributed by atoms with van der Waals surface area (Å²) in [6.45, 7) is 6.95. The van der Waals surface area contributed by atoms with Gasteiger partial charge in [-0.25, -0.2) is 0 Å². The smallest absolute Gasteiger partial charge is 0.126 e. The second kappa shape index (κ2) is 5.24. The maximum Gasteiger partial charge on any atom is 0.126 e. The van der Waals surface area contributed by atoms with Crippen LogP contribution in [0.25, 0.3) is 0 Å². The van der Waals surface area contributed by atoms with E-state index in [1.54, 1.807) is 0 Å². The molecule has 1 heterocycles. The fraction of sp³-hybridized carbons (Fsp3) is 0.474. The third-order valence-electron chi connectivity index (χ3n) is 5.42. The van der Waals surface area contributed by atoms with Crippen molar-refractivity contribution in [1.82, 2.24) is 0 Å². The monoisotopic (exact) mass is 394 g/mol. The predicted molar refractivity (Wildman–Crippen MR) is 96.7 cm³/mol. The highest BCUT2D eigenvalue weighted by Crippen LogP contribution is 2.66. The molecule has 112 valence electrons. The molecule has 1 aliphatic carbocycles. The minimum Gasteiger partial charge on any atom is -0.357 e. The number of allylic oxidation sites excluding steroid dienone is 2. The van der Waals surface area contributed by atoms with Crippen molar-refractivity contribution in [2.45, 2.75) is 44.8 Å². The summed E-state index contributed by atoms with van der Waals surface area (Å²) in [5.41, 5.74) is 2.25. The van der Waals surface area contributed by atoms with Gasteiger partial charge in [0.1, 0.15) is 5.60 Å². The molecule has 1 saturated heterocycles. The van der Waals surface area contributed by atoms with Gasteiger partial charge in [0, 0.05) is 9.84 Å². The van der Waals surface area contributed by atoms with Crippen LogP contribution in [-0.4, -0.2) is 10.0 Å². The fourth-order valence-electron chi connectivity index (χ4n) is 3.67. The van der Waals surface area contributed by atoms with Gasteiger partial charge in [0.25, 0.3) is 0 Å². The molecule has 0 aromatic heterocycles. The zero-order valence-electron chi connectivity index (χ0n) is 13.0. The van der Waals surface area contributed by atoms with Crippen molar-refractivity contribution in [3.63, 3.8) is 0 Å². The summed E-state index contributed by atoms with van der Waals surface area (Å²) < 4.78 is 7.68. The number of halogens is 1. The van der Waals surface area contributed by atoms with Gasteiger partial charge in [-0.15, -0.1) is 0 Å². The predicted octanol–water partition coefficient (Wildman–Crippen LogP) is 5.41. The van der Waals surface area contributed by atoms with Gasteiger partial charge in [0.2, 0.25) is 0 Å². The summed E-state index contributed by atoms with van der Waals surface area (Å²) in [5, 5.41) is 0. The van der Waals surface area contributed by atoms with Crippen molar-refractivity contribution >= 4 is 22.6 Å². The zero-order chi connectivity index (χ0) is 15.1. The lowest BCUT2D eigenvalue weighted by Crippen LogP contribution is -2.72. The van der Waals surface area contributed by atoms with Crippen molar-refractivity contribution in [2.75, 3.05) is 4.43 Å². The Morgan fingerprint density at radius 2 is 1.81 bits per heavy atom. The van der Waals surface area contributed by atoms with Crippen LogP contribution in [0.3, 0.4) is 0 Å². The second-order valence-corrected chi connectivity index (χ2v) is 7.54. The first-order valence-corrected chi connectivity index (χ1v) is 9.19. The van der Waals surface area contributed by atoms with Crippen molar-refractivity contribution in [3.05, 3.63) is 59.7 Å². The number of alkyl halides is 1. The van der Waals surface area contributed by atoms with Gasteiger partial charge in [-0.1, -0.05) is 85.0 Å². The molecule has 1 fully saturated rings. The average molecular weight is 394 g/mol. The van der Waals surface area contributed by atoms with E-state index in [1.807, 2.05) is 0 Å². The van der Waals surface area contributed by atoms with Crippen molar-refractivity contribution < 1.29 is 4.74 Å². The summed E-state index contributed by atoms with van der Waals surface area (Å²) in [6, 6.07) is 10.7. The summed E-state index contributed by atoms with van der Waals surface area (Å²) >= 11 is 2.45. The van der Waals surface area contributed by atoms with E-state index in [0.29, 0.717) is 0 Å². The van der Waals surface area contributed by atoms with E-state index < -0.39 is 0 Å². The van der Waals surface area contributed by atoms with Gasteiger partial charge in [-0.05, 0) is 30.9 Å². The maximum atomic E-state index is 6.68. The Balaban J connectivity index is 2.15. The van der Waals surface area contributed by atoms with Crippen molar-refractivity contribution in [3.8, 4) is 0 Å².